The Labute approximate surface area is 128 Å². The van der Waals surface area contributed by atoms with Crippen LogP contribution in [0.1, 0.15) is 26.3 Å². The summed E-state index contributed by atoms with van der Waals surface area (Å²) >= 11 is 2.22. The highest BCUT2D eigenvalue weighted by Gasteiger charge is 2.18. The van der Waals surface area contributed by atoms with Crippen LogP contribution in [0.4, 0.5) is 0 Å². The average Bonchev–Trinajstić information content (AvgIpc) is 2.35. The van der Waals surface area contributed by atoms with Gasteiger partial charge in [0.15, 0.2) is 11.5 Å². The molecule has 1 rings (SSSR count). The van der Waals surface area contributed by atoms with Crippen molar-refractivity contribution in [3.63, 3.8) is 0 Å². The summed E-state index contributed by atoms with van der Waals surface area (Å²) in [7, 11) is 4.82. The summed E-state index contributed by atoms with van der Waals surface area (Å²) in [5, 5.41) is 0. The summed E-state index contributed by atoms with van der Waals surface area (Å²) in [5.41, 5.74) is 0.828. The van der Waals surface area contributed by atoms with Gasteiger partial charge in [0.2, 0.25) is 5.75 Å². The van der Waals surface area contributed by atoms with Gasteiger partial charge in [0.1, 0.15) is 0 Å². The summed E-state index contributed by atoms with van der Waals surface area (Å²) in [6.45, 7) is 6.15. The summed E-state index contributed by atoms with van der Waals surface area (Å²) in [6, 6.07) is 1.90. The van der Waals surface area contributed by atoms with E-state index in [4.69, 9.17) is 14.2 Å². The number of hydrogen-bond acceptors (Lipinski definition) is 4. The molecule has 0 unspecified atom stereocenters. The van der Waals surface area contributed by atoms with Gasteiger partial charge in [0.25, 0.3) is 0 Å². The second kappa shape index (κ2) is 6.45. The summed E-state index contributed by atoms with van der Waals surface area (Å²) in [4.78, 5) is 4.51. The smallest absolute Gasteiger partial charge is 0.204 e. The van der Waals surface area contributed by atoms with Crippen molar-refractivity contribution in [3.05, 3.63) is 15.2 Å². The predicted molar refractivity (Wildman–Crippen MR) is 86.2 cm³/mol. The Hall–Kier alpha value is -0.980. The van der Waals surface area contributed by atoms with Gasteiger partial charge in [-0.3, -0.25) is 4.99 Å². The highest BCUT2D eigenvalue weighted by atomic mass is 127. The highest BCUT2D eigenvalue weighted by molar-refractivity contribution is 14.1. The van der Waals surface area contributed by atoms with Crippen LogP contribution in [0.3, 0.4) is 0 Å². The van der Waals surface area contributed by atoms with Gasteiger partial charge in [-0.25, -0.2) is 0 Å². The molecule has 0 aliphatic carbocycles. The molecule has 0 saturated carbocycles. The Morgan fingerprint density at radius 1 is 1.05 bits per heavy atom. The van der Waals surface area contributed by atoms with E-state index in [2.05, 4.69) is 27.6 Å². The fourth-order valence-electron chi connectivity index (χ4n) is 1.50. The molecule has 0 aliphatic heterocycles. The lowest BCUT2D eigenvalue weighted by atomic mass is 10.1. The van der Waals surface area contributed by atoms with Crippen molar-refractivity contribution < 1.29 is 14.2 Å². The zero-order valence-corrected chi connectivity index (χ0v) is 14.4. The third-order valence-electron chi connectivity index (χ3n) is 2.39. The van der Waals surface area contributed by atoms with Crippen LogP contribution in [0.15, 0.2) is 11.1 Å². The molecule has 0 amide bonds. The maximum absolute atomic E-state index is 5.41. The molecule has 0 aromatic heterocycles. The zero-order chi connectivity index (χ0) is 14.6. The fourth-order valence-corrected chi connectivity index (χ4v) is 2.26. The van der Waals surface area contributed by atoms with E-state index < -0.39 is 0 Å². The minimum Gasteiger partial charge on any atom is -0.493 e. The van der Waals surface area contributed by atoms with Crippen LogP contribution in [-0.4, -0.2) is 33.1 Å². The second-order valence-corrected chi connectivity index (χ2v) is 6.06. The number of benzene rings is 1. The van der Waals surface area contributed by atoms with Crippen molar-refractivity contribution >= 4 is 28.8 Å². The Balaban J connectivity index is 3.38. The van der Waals surface area contributed by atoms with Gasteiger partial charge in [0, 0.05) is 11.8 Å². The van der Waals surface area contributed by atoms with E-state index in [9.17, 15) is 0 Å². The Morgan fingerprint density at radius 2 is 1.63 bits per heavy atom. The molecule has 1 aromatic carbocycles. The van der Waals surface area contributed by atoms with Crippen molar-refractivity contribution in [3.8, 4) is 17.2 Å². The number of methoxy groups -OCH3 is 3. The Bertz CT molecular complexity index is 479. The molecule has 4 nitrogen and oxygen atoms in total. The molecule has 0 radical (unpaired) electrons. The van der Waals surface area contributed by atoms with Crippen LogP contribution >= 0.6 is 22.6 Å². The van der Waals surface area contributed by atoms with Crippen LogP contribution in [0, 0.1) is 3.57 Å². The largest absolute Gasteiger partial charge is 0.493 e. The molecule has 0 saturated heterocycles. The van der Waals surface area contributed by atoms with Crippen LogP contribution in [0.2, 0.25) is 0 Å². The molecular weight excluding hydrogens is 357 g/mol. The lowest BCUT2D eigenvalue weighted by Gasteiger charge is -2.16. The van der Waals surface area contributed by atoms with Crippen molar-refractivity contribution in [2.75, 3.05) is 21.3 Å². The van der Waals surface area contributed by atoms with Crippen LogP contribution in [-0.2, 0) is 0 Å². The van der Waals surface area contributed by atoms with E-state index in [1.54, 1.807) is 21.3 Å². The normalized spacial score (nSPS) is 11.7. The molecule has 0 aliphatic rings. The zero-order valence-electron chi connectivity index (χ0n) is 12.2. The maximum atomic E-state index is 5.41. The van der Waals surface area contributed by atoms with Gasteiger partial charge in [-0.2, -0.15) is 0 Å². The number of hydrogen-bond donors (Lipinski definition) is 0. The number of aliphatic imine (C=N–C) groups is 1. The summed E-state index contributed by atoms with van der Waals surface area (Å²) < 4.78 is 17.0. The van der Waals surface area contributed by atoms with Crippen LogP contribution in [0.5, 0.6) is 17.2 Å². The van der Waals surface area contributed by atoms with Crippen molar-refractivity contribution in [2.24, 2.45) is 4.99 Å². The molecule has 0 fully saturated rings. The molecular formula is C14H20INO3. The summed E-state index contributed by atoms with van der Waals surface area (Å²) in [6.07, 6.45) is 1.84. The first-order chi connectivity index (χ1) is 8.84. The van der Waals surface area contributed by atoms with E-state index in [0.717, 1.165) is 9.13 Å². The van der Waals surface area contributed by atoms with Gasteiger partial charge in [-0.1, -0.05) is 0 Å². The topological polar surface area (TPSA) is 40.0 Å². The standard InChI is InChI=1S/C14H20INO3/c1-14(2,3)16-8-9-7-10(17-4)12(18-5)13(19-6)11(9)15/h7-8H,1-6H3. The first kappa shape index (κ1) is 16.1. The number of halogens is 1. The summed E-state index contributed by atoms with van der Waals surface area (Å²) in [5.74, 6) is 1.90. The van der Waals surface area contributed by atoms with Gasteiger partial charge >= 0.3 is 0 Å². The van der Waals surface area contributed by atoms with Crippen LogP contribution < -0.4 is 14.2 Å². The van der Waals surface area contributed by atoms with Crippen LogP contribution in [0.25, 0.3) is 0 Å². The molecule has 106 valence electrons. The first-order valence-electron chi connectivity index (χ1n) is 5.87. The third-order valence-corrected chi connectivity index (χ3v) is 3.50. The quantitative estimate of drug-likeness (QED) is 0.595. The van der Waals surface area contributed by atoms with Gasteiger partial charge in [-0.15, -0.1) is 0 Å². The highest BCUT2D eigenvalue weighted by Crippen LogP contribution is 2.42. The first-order valence-corrected chi connectivity index (χ1v) is 6.95. The monoisotopic (exact) mass is 377 g/mol. The molecule has 0 spiro atoms. The Kier molecular flexibility index (Phi) is 5.46. The lowest BCUT2D eigenvalue weighted by Crippen LogP contribution is -2.10. The molecule has 0 heterocycles. The van der Waals surface area contributed by atoms with E-state index in [-0.39, 0.29) is 5.54 Å². The van der Waals surface area contributed by atoms with E-state index in [1.165, 1.54) is 0 Å². The van der Waals surface area contributed by atoms with Gasteiger partial charge in [0.05, 0.1) is 30.4 Å². The Morgan fingerprint density at radius 3 is 2.05 bits per heavy atom. The van der Waals surface area contributed by atoms with E-state index >= 15 is 0 Å². The second-order valence-electron chi connectivity index (χ2n) is 4.98. The predicted octanol–water partition coefficient (Wildman–Crippen LogP) is 3.53. The molecule has 0 atom stereocenters. The van der Waals surface area contributed by atoms with Crippen molar-refractivity contribution in [2.45, 2.75) is 26.3 Å². The SMILES string of the molecule is COc1cc(C=NC(C)(C)C)c(I)c(OC)c1OC. The minimum absolute atomic E-state index is 0.122. The number of nitrogens with zero attached hydrogens (tertiary/aromatic N) is 1. The van der Waals surface area contributed by atoms with E-state index in [0.29, 0.717) is 17.2 Å². The third kappa shape index (κ3) is 3.99. The molecule has 1 aromatic rings. The van der Waals surface area contributed by atoms with Gasteiger partial charge < -0.3 is 14.2 Å². The molecule has 0 bridgehead atoms. The van der Waals surface area contributed by atoms with Crippen molar-refractivity contribution in [1.29, 1.82) is 0 Å². The molecule has 5 heteroatoms. The minimum atomic E-state index is -0.122. The number of rotatable bonds is 4. The molecule has 0 N–H and O–H groups in total. The lowest BCUT2D eigenvalue weighted by molar-refractivity contribution is 0.323. The van der Waals surface area contributed by atoms with E-state index in [1.807, 2.05) is 33.1 Å². The number of ether oxygens (including phenoxy) is 3. The maximum Gasteiger partial charge on any atom is 0.204 e. The average molecular weight is 377 g/mol. The van der Waals surface area contributed by atoms with Gasteiger partial charge in [-0.05, 0) is 49.4 Å². The molecule has 19 heavy (non-hydrogen) atoms. The van der Waals surface area contributed by atoms with Crippen molar-refractivity contribution in [1.82, 2.24) is 0 Å². The fraction of sp³-hybridized carbons (Fsp3) is 0.500.